The van der Waals surface area contributed by atoms with Crippen LogP contribution in [0.15, 0.2) is 192 Å². The van der Waals surface area contributed by atoms with Crippen LogP contribution in [0.4, 0.5) is 0 Å². The van der Waals surface area contributed by atoms with E-state index in [0.29, 0.717) is 23.0 Å². The minimum atomic E-state index is 0.545. The Morgan fingerprint density at radius 2 is 0.966 bits per heavy atom. The molecule has 3 heterocycles. The smallest absolute Gasteiger partial charge is 0.164 e. The molecule has 270 valence electrons. The van der Waals surface area contributed by atoms with Gasteiger partial charge in [0.05, 0.1) is 22.7 Å². The van der Waals surface area contributed by atoms with Gasteiger partial charge in [0.25, 0.3) is 0 Å². The van der Waals surface area contributed by atoms with Gasteiger partial charge < -0.3 is 8.98 Å². The Morgan fingerprint density at radius 3 is 1.67 bits per heavy atom. The zero-order chi connectivity index (χ0) is 38.6. The first kappa shape index (κ1) is 33.2. The largest absolute Gasteiger partial charge is 0.456 e. The van der Waals surface area contributed by atoms with Crippen LogP contribution in [0.1, 0.15) is 5.56 Å². The maximum Gasteiger partial charge on any atom is 0.164 e. The minimum absolute atomic E-state index is 0.545. The van der Waals surface area contributed by atoms with Gasteiger partial charge in [0.15, 0.2) is 17.5 Å². The molecule has 0 bridgehead atoms. The summed E-state index contributed by atoms with van der Waals surface area (Å²) in [6.45, 7) is 0. The second-order valence-corrected chi connectivity index (χ2v) is 14.4. The van der Waals surface area contributed by atoms with E-state index in [9.17, 15) is 5.26 Å². The molecule has 6 heteroatoms. The molecule has 0 saturated heterocycles. The molecule has 0 saturated carbocycles. The molecule has 0 radical (unpaired) electrons. The van der Waals surface area contributed by atoms with Crippen molar-refractivity contribution in [2.75, 3.05) is 0 Å². The lowest BCUT2D eigenvalue weighted by Gasteiger charge is -2.12. The van der Waals surface area contributed by atoms with Crippen LogP contribution in [-0.2, 0) is 0 Å². The fourth-order valence-corrected chi connectivity index (χ4v) is 8.12. The van der Waals surface area contributed by atoms with Gasteiger partial charge in [0.2, 0.25) is 0 Å². The van der Waals surface area contributed by atoms with Crippen LogP contribution in [0.2, 0.25) is 0 Å². The van der Waals surface area contributed by atoms with Gasteiger partial charge >= 0.3 is 0 Å². The van der Waals surface area contributed by atoms with Crippen molar-refractivity contribution >= 4 is 43.7 Å². The number of furan rings is 1. The fourth-order valence-electron chi connectivity index (χ4n) is 8.12. The highest BCUT2D eigenvalue weighted by molar-refractivity contribution is 6.13. The minimum Gasteiger partial charge on any atom is -0.456 e. The summed E-state index contributed by atoms with van der Waals surface area (Å²) in [6.07, 6.45) is 0. The number of para-hydroxylation sites is 2. The van der Waals surface area contributed by atoms with Crippen molar-refractivity contribution in [3.8, 4) is 68.2 Å². The van der Waals surface area contributed by atoms with Gasteiger partial charge in [-0.2, -0.15) is 5.26 Å². The second-order valence-electron chi connectivity index (χ2n) is 14.4. The lowest BCUT2D eigenvalue weighted by Crippen LogP contribution is -2.01. The monoisotopic (exact) mass is 741 g/mol. The Balaban J connectivity index is 1.06. The lowest BCUT2D eigenvalue weighted by atomic mass is 9.98. The Hall–Kier alpha value is -8.14. The van der Waals surface area contributed by atoms with E-state index in [0.717, 1.165) is 77.6 Å². The van der Waals surface area contributed by atoms with E-state index in [4.69, 9.17) is 19.4 Å². The van der Waals surface area contributed by atoms with Gasteiger partial charge in [0.1, 0.15) is 11.2 Å². The van der Waals surface area contributed by atoms with E-state index in [-0.39, 0.29) is 0 Å². The van der Waals surface area contributed by atoms with E-state index in [2.05, 4.69) is 138 Å². The summed E-state index contributed by atoms with van der Waals surface area (Å²) in [7, 11) is 0. The van der Waals surface area contributed by atoms with Gasteiger partial charge in [-0.3, -0.25) is 0 Å². The van der Waals surface area contributed by atoms with Crippen LogP contribution in [0.25, 0.3) is 106 Å². The number of hydrogen-bond donors (Lipinski definition) is 0. The second kappa shape index (κ2) is 13.6. The Bertz CT molecular complexity index is 3340. The van der Waals surface area contributed by atoms with Crippen molar-refractivity contribution in [1.82, 2.24) is 19.5 Å². The first-order chi connectivity index (χ1) is 28.7. The van der Waals surface area contributed by atoms with E-state index in [1.54, 1.807) is 0 Å². The van der Waals surface area contributed by atoms with E-state index in [1.165, 1.54) is 10.8 Å². The SMILES string of the molecule is N#Cc1ccc(-c2cccc3oc4cc(-c5nc(-c6ccc(-c7ccccc7)cc6)nc(-c6cccc(-n7c8ccccc8c8ccccc87)c6)n5)ccc4c23)cc1. The van der Waals surface area contributed by atoms with Gasteiger partial charge in [-0.15, -0.1) is 0 Å². The van der Waals surface area contributed by atoms with Crippen molar-refractivity contribution in [2.24, 2.45) is 0 Å². The first-order valence-electron chi connectivity index (χ1n) is 19.2. The molecular formula is C52H31N5O. The third-order valence-electron chi connectivity index (χ3n) is 10.9. The Morgan fingerprint density at radius 1 is 0.414 bits per heavy atom. The molecule has 0 unspecified atom stereocenters. The highest BCUT2D eigenvalue weighted by Crippen LogP contribution is 2.39. The predicted molar refractivity (Wildman–Crippen MR) is 233 cm³/mol. The number of benzene rings is 8. The summed E-state index contributed by atoms with van der Waals surface area (Å²) in [6, 6.07) is 66.3. The standard InChI is InChI=1S/C52H31N5O/c53-32-33-20-22-36(23-21-33)41-16-9-19-47-49(41)44-29-28-39(31-48(44)58-47)52-55-50(37-26-24-35(25-27-37)34-10-2-1-3-11-34)54-51(56-52)38-12-8-13-40(30-38)57-45-17-6-4-14-42(45)43-15-5-7-18-46(43)57/h1-31H. The number of rotatable bonds is 6. The summed E-state index contributed by atoms with van der Waals surface area (Å²) < 4.78 is 8.81. The molecule has 3 aromatic heterocycles. The summed E-state index contributed by atoms with van der Waals surface area (Å²) in [5.74, 6) is 1.70. The van der Waals surface area contributed by atoms with Crippen LogP contribution in [-0.4, -0.2) is 19.5 Å². The number of nitrogens with zero attached hydrogens (tertiary/aromatic N) is 5. The number of aromatic nitrogens is 4. The molecule has 0 amide bonds. The highest BCUT2D eigenvalue weighted by atomic mass is 16.3. The average molecular weight is 742 g/mol. The maximum atomic E-state index is 9.36. The summed E-state index contributed by atoms with van der Waals surface area (Å²) in [5.41, 5.74) is 12.3. The van der Waals surface area contributed by atoms with E-state index >= 15 is 0 Å². The first-order valence-corrected chi connectivity index (χ1v) is 19.2. The molecule has 0 aliphatic rings. The quantitative estimate of drug-likeness (QED) is 0.169. The van der Waals surface area contributed by atoms with Crippen molar-refractivity contribution in [3.05, 3.63) is 194 Å². The zero-order valence-corrected chi connectivity index (χ0v) is 31.0. The van der Waals surface area contributed by atoms with Crippen LogP contribution in [0.5, 0.6) is 0 Å². The van der Waals surface area contributed by atoms with Crippen LogP contribution < -0.4 is 0 Å². The van der Waals surface area contributed by atoms with Crippen molar-refractivity contribution in [3.63, 3.8) is 0 Å². The normalized spacial score (nSPS) is 11.4. The van der Waals surface area contributed by atoms with Gasteiger partial charge in [-0.05, 0) is 76.9 Å². The molecule has 6 nitrogen and oxygen atoms in total. The molecule has 0 aliphatic heterocycles. The molecule has 58 heavy (non-hydrogen) atoms. The lowest BCUT2D eigenvalue weighted by molar-refractivity contribution is 0.669. The summed E-state index contributed by atoms with van der Waals surface area (Å²) in [5, 5.41) is 13.8. The number of nitriles is 1. The molecule has 11 aromatic rings. The number of hydrogen-bond acceptors (Lipinski definition) is 5. The third kappa shape index (κ3) is 5.61. The molecular weight excluding hydrogens is 711 g/mol. The van der Waals surface area contributed by atoms with Crippen molar-refractivity contribution in [1.29, 1.82) is 5.26 Å². The highest BCUT2D eigenvalue weighted by Gasteiger charge is 2.18. The third-order valence-corrected chi connectivity index (χ3v) is 10.9. The van der Waals surface area contributed by atoms with Crippen molar-refractivity contribution in [2.45, 2.75) is 0 Å². The molecule has 11 rings (SSSR count). The Labute approximate surface area is 333 Å². The fraction of sp³-hybridized carbons (Fsp3) is 0. The predicted octanol–water partition coefficient (Wildman–Crippen LogP) is 13.1. The summed E-state index contributed by atoms with van der Waals surface area (Å²) in [4.78, 5) is 15.4. The van der Waals surface area contributed by atoms with Crippen LogP contribution >= 0.6 is 0 Å². The molecule has 0 spiro atoms. The molecule has 8 aromatic carbocycles. The number of fused-ring (bicyclic) bond motifs is 6. The average Bonchev–Trinajstić information content (AvgIpc) is 3.85. The Kier molecular flexibility index (Phi) is 7.76. The van der Waals surface area contributed by atoms with E-state index < -0.39 is 0 Å². The van der Waals surface area contributed by atoms with Gasteiger partial charge in [-0.1, -0.05) is 133 Å². The molecule has 0 aliphatic carbocycles. The van der Waals surface area contributed by atoms with Crippen LogP contribution in [0, 0.1) is 11.3 Å². The zero-order valence-electron chi connectivity index (χ0n) is 31.0. The molecule has 0 atom stereocenters. The topological polar surface area (TPSA) is 80.5 Å². The van der Waals surface area contributed by atoms with Crippen LogP contribution in [0.3, 0.4) is 0 Å². The summed E-state index contributed by atoms with van der Waals surface area (Å²) >= 11 is 0. The van der Waals surface area contributed by atoms with Gasteiger partial charge in [-0.25, -0.2) is 15.0 Å². The van der Waals surface area contributed by atoms with Gasteiger partial charge in [0, 0.05) is 43.9 Å². The van der Waals surface area contributed by atoms with Crippen molar-refractivity contribution < 1.29 is 4.42 Å². The van der Waals surface area contributed by atoms with E-state index in [1.807, 2.05) is 60.7 Å². The maximum absolute atomic E-state index is 9.36. The molecule has 0 N–H and O–H groups in total. The molecule has 0 fully saturated rings.